The molecular formula is C12H14FNO2. The van der Waals surface area contributed by atoms with Gasteiger partial charge in [-0.3, -0.25) is 4.79 Å². The third-order valence-corrected chi connectivity index (χ3v) is 2.80. The first-order valence-corrected chi connectivity index (χ1v) is 5.25. The van der Waals surface area contributed by atoms with Gasteiger partial charge in [-0.05, 0) is 11.6 Å². The van der Waals surface area contributed by atoms with Crippen LogP contribution in [-0.2, 0) is 22.6 Å². The molecular weight excluding hydrogens is 209 g/mol. The maximum Gasteiger partial charge on any atom is 0.225 e. The molecule has 0 saturated carbocycles. The van der Waals surface area contributed by atoms with Gasteiger partial charge in [0.05, 0.1) is 13.0 Å². The van der Waals surface area contributed by atoms with Crippen molar-refractivity contribution in [2.75, 3.05) is 13.7 Å². The summed E-state index contributed by atoms with van der Waals surface area (Å²) in [4.78, 5) is 13.4. The fourth-order valence-electron chi connectivity index (χ4n) is 1.90. The quantitative estimate of drug-likeness (QED) is 0.780. The number of carbonyl (C=O) groups excluding carboxylic acids is 1. The van der Waals surface area contributed by atoms with E-state index in [4.69, 9.17) is 4.74 Å². The second kappa shape index (κ2) is 4.61. The van der Waals surface area contributed by atoms with Crippen molar-refractivity contribution in [1.82, 2.24) is 4.90 Å². The highest BCUT2D eigenvalue weighted by Crippen LogP contribution is 2.25. The number of nitrogens with zero attached hydrogens (tertiary/aromatic N) is 1. The lowest BCUT2D eigenvalue weighted by Gasteiger charge is -2.14. The molecule has 1 heterocycles. The second-order valence-corrected chi connectivity index (χ2v) is 3.87. The third-order valence-electron chi connectivity index (χ3n) is 2.80. The normalized spacial score (nSPS) is 14.0. The minimum atomic E-state index is -0.223. The van der Waals surface area contributed by atoms with Crippen molar-refractivity contribution in [2.24, 2.45) is 0 Å². The fourth-order valence-corrected chi connectivity index (χ4v) is 1.90. The molecule has 0 fully saturated rings. The van der Waals surface area contributed by atoms with Gasteiger partial charge in [-0.1, -0.05) is 12.1 Å². The molecule has 4 heteroatoms. The zero-order valence-electron chi connectivity index (χ0n) is 9.20. The maximum absolute atomic E-state index is 13.4. The molecule has 0 aromatic heterocycles. The summed E-state index contributed by atoms with van der Waals surface area (Å²) in [5, 5.41) is 0. The van der Waals surface area contributed by atoms with Crippen molar-refractivity contribution in [1.29, 1.82) is 0 Å². The molecule has 2 rings (SSSR count). The molecule has 1 aromatic carbocycles. The van der Waals surface area contributed by atoms with Crippen molar-refractivity contribution in [3.05, 3.63) is 35.1 Å². The number of rotatable bonds is 3. The van der Waals surface area contributed by atoms with Crippen LogP contribution in [0.1, 0.15) is 17.5 Å². The average molecular weight is 223 g/mol. The molecule has 0 N–H and O–H groups in total. The summed E-state index contributed by atoms with van der Waals surface area (Å²) < 4.78 is 18.3. The van der Waals surface area contributed by atoms with Crippen molar-refractivity contribution < 1.29 is 13.9 Å². The van der Waals surface area contributed by atoms with Gasteiger partial charge in [-0.15, -0.1) is 0 Å². The average Bonchev–Trinajstić information content (AvgIpc) is 2.71. The number of carbonyl (C=O) groups is 1. The third kappa shape index (κ3) is 2.07. The fraction of sp³-hybridized carbons (Fsp3) is 0.417. The highest BCUT2D eigenvalue weighted by Gasteiger charge is 2.24. The van der Waals surface area contributed by atoms with Crippen LogP contribution in [-0.4, -0.2) is 24.5 Å². The standard InChI is InChI=1S/C12H14FNO2/c1-16-6-5-12(15)14-7-9-3-2-4-11(13)10(9)8-14/h2-4H,5-8H2,1H3. The number of benzene rings is 1. The summed E-state index contributed by atoms with van der Waals surface area (Å²) in [6.07, 6.45) is 0.353. The number of hydrogen-bond acceptors (Lipinski definition) is 2. The number of halogens is 1. The lowest BCUT2D eigenvalue weighted by Crippen LogP contribution is -2.26. The summed E-state index contributed by atoms with van der Waals surface area (Å²) in [6.45, 7) is 1.30. The Kier molecular flexibility index (Phi) is 3.19. The number of amides is 1. The van der Waals surface area contributed by atoms with E-state index in [0.29, 0.717) is 31.7 Å². The molecule has 1 aromatic rings. The van der Waals surface area contributed by atoms with Crippen LogP contribution in [0.4, 0.5) is 4.39 Å². The molecule has 86 valence electrons. The lowest BCUT2D eigenvalue weighted by atomic mass is 10.1. The van der Waals surface area contributed by atoms with E-state index in [1.807, 2.05) is 6.07 Å². The summed E-state index contributed by atoms with van der Waals surface area (Å²) in [5.74, 6) is -0.211. The van der Waals surface area contributed by atoms with Gasteiger partial charge < -0.3 is 9.64 Å². The molecule has 1 amide bonds. The molecule has 16 heavy (non-hydrogen) atoms. The summed E-state index contributed by atoms with van der Waals surface area (Å²) in [5.41, 5.74) is 1.55. The van der Waals surface area contributed by atoms with Gasteiger partial charge in [-0.25, -0.2) is 4.39 Å². The molecule has 0 aliphatic carbocycles. The molecule has 1 aliphatic rings. The van der Waals surface area contributed by atoms with Crippen LogP contribution in [0.2, 0.25) is 0 Å². The van der Waals surface area contributed by atoms with Gasteiger partial charge in [0.1, 0.15) is 5.82 Å². The highest BCUT2D eigenvalue weighted by molar-refractivity contribution is 5.77. The van der Waals surface area contributed by atoms with E-state index >= 15 is 0 Å². The van der Waals surface area contributed by atoms with Crippen LogP contribution in [0.3, 0.4) is 0 Å². The SMILES string of the molecule is COCCC(=O)N1Cc2cccc(F)c2C1. The van der Waals surface area contributed by atoms with Gasteiger partial charge in [0.2, 0.25) is 5.91 Å². The van der Waals surface area contributed by atoms with Gasteiger partial charge in [-0.2, -0.15) is 0 Å². The maximum atomic E-state index is 13.4. The minimum absolute atomic E-state index is 0.0115. The Morgan fingerprint density at radius 1 is 1.50 bits per heavy atom. The Labute approximate surface area is 93.8 Å². The largest absolute Gasteiger partial charge is 0.384 e. The topological polar surface area (TPSA) is 29.5 Å². The van der Waals surface area contributed by atoms with Crippen LogP contribution in [0.25, 0.3) is 0 Å². The Bertz CT molecular complexity index is 406. The van der Waals surface area contributed by atoms with Crippen LogP contribution < -0.4 is 0 Å². The predicted molar refractivity (Wildman–Crippen MR) is 57.1 cm³/mol. The molecule has 1 aliphatic heterocycles. The molecule has 0 saturated heterocycles. The first-order valence-electron chi connectivity index (χ1n) is 5.25. The summed E-state index contributed by atoms with van der Waals surface area (Å²) >= 11 is 0. The van der Waals surface area contributed by atoms with Crippen molar-refractivity contribution in [3.63, 3.8) is 0 Å². The Morgan fingerprint density at radius 3 is 3.00 bits per heavy atom. The van der Waals surface area contributed by atoms with Crippen molar-refractivity contribution in [3.8, 4) is 0 Å². The van der Waals surface area contributed by atoms with Gasteiger partial charge in [0.15, 0.2) is 0 Å². The van der Waals surface area contributed by atoms with Crippen LogP contribution >= 0.6 is 0 Å². The Hall–Kier alpha value is -1.42. The molecule has 0 atom stereocenters. The van der Waals surface area contributed by atoms with E-state index in [1.165, 1.54) is 6.07 Å². The van der Waals surface area contributed by atoms with E-state index in [-0.39, 0.29) is 11.7 Å². The predicted octanol–water partition coefficient (Wildman–Crippen LogP) is 1.70. The molecule has 0 spiro atoms. The van der Waals surface area contributed by atoms with E-state index < -0.39 is 0 Å². The molecule has 0 bridgehead atoms. The van der Waals surface area contributed by atoms with E-state index in [0.717, 1.165) is 5.56 Å². The Balaban J connectivity index is 2.05. The first kappa shape index (κ1) is 11.1. The van der Waals surface area contributed by atoms with Gasteiger partial charge >= 0.3 is 0 Å². The van der Waals surface area contributed by atoms with E-state index in [2.05, 4.69) is 0 Å². The van der Waals surface area contributed by atoms with Gasteiger partial charge in [0.25, 0.3) is 0 Å². The summed E-state index contributed by atoms with van der Waals surface area (Å²) in [7, 11) is 1.56. The van der Waals surface area contributed by atoms with E-state index in [1.54, 1.807) is 18.1 Å². The van der Waals surface area contributed by atoms with E-state index in [9.17, 15) is 9.18 Å². The van der Waals surface area contributed by atoms with Gasteiger partial charge in [0, 0.05) is 25.8 Å². The van der Waals surface area contributed by atoms with Crippen molar-refractivity contribution >= 4 is 5.91 Å². The zero-order chi connectivity index (χ0) is 11.5. The highest BCUT2D eigenvalue weighted by atomic mass is 19.1. The molecule has 3 nitrogen and oxygen atoms in total. The lowest BCUT2D eigenvalue weighted by molar-refractivity contribution is -0.132. The van der Waals surface area contributed by atoms with Crippen LogP contribution in [0.5, 0.6) is 0 Å². The molecule has 0 radical (unpaired) electrons. The first-order chi connectivity index (χ1) is 7.72. The minimum Gasteiger partial charge on any atom is -0.384 e. The monoisotopic (exact) mass is 223 g/mol. The number of fused-ring (bicyclic) bond motifs is 1. The zero-order valence-corrected chi connectivity index (χ0v) is 9.20. The van der Waals surface area contributed by atoms with Crippen LogP contribution in [0, 0.1) is 5.82 Å². The smallest absolute Gasteiger partial charge is 0.225 e. The summed E-state index contributed by atoms with van der Waals surface area (Å²) in [6, 6.07) is 4.97. The number of ether oxygens (including phenoxy) is 1. The number of hydrogen-bond donors (Lipinski definition) is 0. The van der Waals surface area contributed by atoms with Crippen molar-refractivity contribution in [2.45, 2.75) is 19.5 Å². The molecule has 0 unspecified atom stereocenters. The Morgan fingerprint density at radius 2 is 2.31 bits per heavy atom. The number of methoxy groups -OCH3 is 1. The second-order valence-electron chi connectivity index (χ2n) is 3.87. The van der Waals surface area contributed by atoms with Crippen LogP contribution in [0.15, 0.2) is 18.2 Å².